The normalized spacial score (nSPS) is 12.5. The molecule has 0 bridgehead atoms. The summed E-state index contributed by atoms with van der Waals surface area (Å²) >= 11 is 0. The van der Waals surface area contributed by atoms with Gasteiger partial charge in [0, 0.05) is 43.9 Å². The molecule has 0 radical (unpaired) electrons. The first-order chi connectivity index (χ1) is 19.8. The van der Waals surface area contributed by atoms with E-state index >= 15 is 0 Å². The first-order valence-corrected chi connectivity index (χ1v) is 13.6. The maximum Gasteiger partial charge on any atom is 0.235 e. The number of rotatable bonds is 1. The van der Waals surface area contributed by atoms with Crippen LogP contribution in [-0.4, -0.2) is 18.9 Å². The third kappa shape index (κ3) is 2.42. The second-order valence-electron chi connectivity index (χ2n) is 10.7. The van der Waals surface area contributed by atoms with Crippen molar-refractivity contribution in [2.75, 3.05) is 0 Å². The predicted octanol–water partition coefficient (Wildman–Crippen LogP) is 9.03. The SMILES string of the molecule is c1ccc2cc3c(cc2c1)c1c2c(cc4c5ccccc5n3c41)c1ccccc1n2-c1ncc2ccccc2n1. The molecular formula is C36H20N4. The van der Waals surface area contributed by atoms with Crippen molar-refractivity contribution in [1.29, 1.82) is 0 Å². The lowest BCUT2D eigenvalue weighted by Gasteiger charge is -2.08. The Hall–Kier alpha value is -5.48. The van der Waals surface area contributed by atoms with Gasteiger partial charge in [0.1, 0.15) is 0 Å². The van der Waals surface area contributed by atoms with Crippen LogP contribution in [0.5, 0.6) is 0 Å². The van der Waals surface area contributed by atoms with E-state index in [9.17, 15) is 0 Å². The van der Waals surface area contributed by atoms with Crippen molar-refractivity contribution in [2.45, 2.75) is 0 Å². The maximum absolute atomic E-state index is 5.08. The van der Waals surface area contributed by atoms with Crippen molar-refractivity contribution >= 4 is 81.6 Å². The van der Waals surface area contributed by atoms with E-state index in [0.29, 0.717) is 5.95 Å². The van der Waals surface area contributed by atoms with Gasteiger partial charge in [-0.2, -0.15) is 0 Å². The van der Waals surface area contributed by atoms with Gasteiger partial charge in [-0.3, -0.25) is 4.57 Å². The monoisotopic (exact) mass is 508 g/mol. The van der Waals surface area contributed by atoms with E-state index < -0.39 is 0 Å². The van der Waals surface area contributed by atoms with Crippen molar-refractivity contribution in [3.05, 3.63) is 121 Å². The Morgan fingerprint density at radius 1 is 0.475 bits per heavy atom. The van der Waals surface area contributed by atoms with Crippen LogP contribution in [0, 0.1) is 0 Å². The van der Waals surface area contributed by atoms with Gasteiger partial charge in [0.05, 0.1) is 33.1 Å². The van der Waals surface area contributed by atoms with E-state index in [4.69, 9.17) is 9.97 Å². The van der Waals surface area contributed by atoms with Crippen LogP contribution in [0.25, 0.3) is 87.5 Å². The second kappa shape index (κ2) is 7.13. The first kappa shape index (κ1) is 20.5. The topological polar surface area (TPSA) is 35.1 Å². The molecule has 10 rings (SSSR count). The Kier molecular flexibility index (Phi) is 3.65. The lowest BCUT2D eigenvalue weighted by Crippen LogP contribution is -2.01. The number of fused-ring (bicyclic) bond motifs is 12. The zero-order valence-corrected chi connectivity index (χ0v) is 21.3. The molecule has 4 heteroatoms. The van der Waals surface area contributed by atoms with Gasteiger partial charge in [-0.15, -0.1) is 0 Å². The van der Waals surface area contributed by atoms with Crippen LogP contribution in [0.1, 0.15) is 0 Å². The van der Waals surface area contributed by atoms with E-state index in [2.05, 4.69) is 112 Å². The third-order valence-corrected chi connectivity index (χ3v) is 8.64. The third-order valence-electron chi connectivity index (χ3n) is 8.64. The van der Waals surface area contributed by atoms with Crippen molar-refractivity contribution in [1.82, 2.24) is 18.9 Å². The molecule has 0 N–H and O–H groups in total. The Labute approximate surface area is 227 Å². The molecule has 0 unspecified atom stereocenters. The fourth-order valence-corrected chi connectivity index (χ4v) is 6.97. The number of benzene rings is 6. The highest BCUT2D eigenvalue weighted by Gasteiger charge is 2.25. The molecule has 4 nitrogen and oxygen atoms in total. The van der Waals surface area contributed by atoms with Crippen molar-refractivity contribution in [3.8, 4) is 5.95 Å². The molecule has 0 amide bonds. The smallest absolute Gasteiger partial charge is 0.235 e. The molecular weight excluding hydrogens is 488 g/mol. The minimum Gasteiger partial charge on any atom is -0.308 e. The average Bonchev–Trinajstić information content (AvgIpc) is 3.64. The quantitative estimate of drug-likeness (QED) is 0.222. The molecule has 0 aliphatic rings. The van der Waals surface area contributed by atoms with E-state index in [1.807, 2.05) is 18.3 Å². The van der Waals surface area contributed by atoms with Crippen molar-refractivity contribution in [3.63, 3.8) is 0 Å². The zero-order valence-electron chi connectivity index (χ0n) is 21.3. The second-order valence-corrected chi connectivity index (χ2v) is 10.7. The molecule has 4 heterocycles. The van der Waals surface area contributed by atoms with Crippen LogP contribution >= 0.6 is 0 Å². The fourth-order valence-electron chi connectivity index (χ4n) is 6.97. The number of hydrogen-bond donors (Lipinski definition) is 0. The summed E-state index contributed by atoms with van der Waals surface area (Å²) in [5, 5.41) is 11.0. The van der Waals surface area contributed by atoms with Crippen molar-refractivity contribution < 1.29 is 0 Å². The highest BCUT2D eigenvalue weighted by atomic mass is 15.2. The molecule has 0 aliphatic heterocycles. The van der Waals surface area contributed by atoms with E-state index in [0.717, 1.165) is 21.9 Å². The number of para-hydroxylation sites is 3. The zero-order chi connectivity index (χ0) is 25.9. The van der Waals surface area contributed by atoms with Crippen LogP contribution in [0.15, 0.2) is 121 Å². The minimum absolute atomic E-state index is 0.692. The van der Waals surface area contributed by atoms with Gasteiger partial charge in [0.15, 0.2) is 0 Å². The number of hydrogen-bond acceptors (Lipinski definition) is 2. The highest BCUT2D eigenvalue weighted by molar-refractivity contribution is 6.34. The molecule has 0 spiro atoms. The predicted molar refractivity (Wildman–Crippen MR) is 166 cm³/mol. The summed E-state index contributed by atoms with van der Waals surface area (Å²) in [5.41, 5.74) is 6.92. The van der Waals surface area contributed by atoms with Crippen LogP contribution in [-0.2, 0) is 0 Å². The molecule has 40 heavy (non-hydrogen) atoms. The van der Waals surface area contributed by atoms with Crippen LogP contribution in [0.2, 0.25) is 0 Å². The minimum atomic E-state index is 0.692. The van der Waals surface area contributed by atoms with Gasteiger partial charge < -0.3 is 4.40 Å². The fraction of sp³-hybridized carbons (Fsp3) is 0. The van der Waals surface area contributed by atoms with Crippen molar-refractivity contribution in [2.24, 2.45) is 0 Å². The summed E-state index contributed by atoms with van der Waals surface area (Å²) < 4.78 is 4.74. The van der Waals surface area contributed by atoms with Crippen LogP contribution in [0.3, 0.4) is 0 Å². The number of nitrogens with zero attached hydrogens (tertiary/aromatic N) is 4. The summed E-state index contributed by atoms with van der Waals surface area (Å²) in [4.78, 5) is 10.00. The Morgan fingerprint density at radius 3 is 1.98 bits per heavy atom. The number of aromatic nitrogens is 4. The average molecular weight is 509 g/mol. The summed E-state index contributed by atoms with van der Waals surface area (Å²) in [5.74, 6) is 0.692. The molecule has 10 aromatic rings. The molecule has 0 atom stereocenters. The van der Waals surface area contributed by atoms with Gasteiger partial charge in [-0.05, 0) is 47.2 Å². The Balaban J connectivity index is 1.53. The molecule has 0 fully saturated rings. The summed E-state index contributed by atoms with van der Waals surface area (Å²) in [7, 11) is 0. The summed E-state index contributed by atoms with van der Waals surface area (Å²) in [6.45, 7) is 0. The first-order valence-electron chi connectivity index (χ1n) is 13.6. The standard InChI is InChI=1S/C36H20N4/c1-2-10-22-18-32-28(17-21(22)9-1)33-34-26(24-12-4-7-15-30(24)39(32)34)19-27-25-13-5-8-16-31(25)40(35(27)33)36-37-20-23-11-3-6-14-29(23)38-36/h1-20H. The molecule has 4 aromatic heterocycles. The van der Waals surface area contributed by atoms with Gasteiger partial charge >= 0.3 is 0 Å². The lowest BCUT2D eigenvalue weighted by molar-refractivity contribution is 1.01. The maximum atomic E-state index is 5.08. The molecule has 0 aliphatic carbocycles. The lowest BCUT2D eigenvalue weighted by atomic mass is 10.0. The Bertz CT molecular complexity index is 2660. The Morgan fingerprint density at radius 2 is 1.12 bits per heavy atom. The largest absolute Gasteiger partial charge is 0.308 e. The van der Waals surface area contributed by atoms with Gasteiger partial charge in [0.25, 0.3) is 0 Å². The summed E-state index contributed by atoms with van der Waals surface area (Å²) in [6, 6.07) is 41.4. The van der Waals surface area contributed by atoms with E-state index in [1.54, 1.807) is 0 Å². The van der Waals surface area contributed by atoms with Gasteiger partial charge in [0.2, 0.25) is 5.95 Å². The van der Waals surface area contributed by atoms with Gasteiger partial charge in [-0.25, -0.2) is 9.97 Å². The molecule has 0 saturated heterocycles. The van der Waals surface area contributed by atoms with Gasteiger partial charge in [-0.1, -0.05) is 78.9 Å². The van der Waals surface area contributed by atoms with Crippen LogP contribution in [0.4, 0.5) is 0 Å². The van der Waals surface area contributed by atoms with E-state index in [1.165, 1.54) is 59.6 Å². The van der Waals surface area contributed by atoms with Crippen LogP contribution < -0.4 is 0 Å². The van der Waals surface area contributed by atoms with E-state index in [-0.39, 0.29) is 0 Å². The summed E-state index contributed by atoms with van der Waals surface area (Å²) in [6.07, 6.45) is 1.94. The highest BCUT2D eigenvalue weighted by Crippen LogP contribution is 2.46. The molecule has 0 saturated carbocycles. The molecule has 184 valence electrons. The molecule has 6 aromatic carbocycles.